The Labute approximate surface area is 136 Å². The van der Waals surface area contributed by atoms with Crippen LogP contribution in [0.3, 0.4) is 0 Å². The van der Waals surface area contributed by atoms with Crippen LogP contribution in [0.4, 0.5) is 0 Å². The summed E-state index contributed by atoms with van der Waals surface area (Å²) in [7, 11) is -3.48. The van der Waals surface area contributed by atoms with Crippen molar-refractivity contribution in [3.63, 3.8) is 0 Å². The number of ether oxygens (including phenoxy) is 2. The quantitative estimate of drug-likeness (QED) is 0.560. The van der Waals surface area contributed by atoms with Crippen LogP contribution >= 0.6 is 0 Å². The van der Waals surface area contributed by atoms with E-state index in [1.165, 1.54) is 12.1 Å². The average Bonchev–Trinajstić information content (AvgIpc) is 2.47. The monoisotopic (exact) mass is 345 g/mol. The summed E-state index contributed by atoms with van der Waals surface area (Å²) in [5.41, 5.74) is 1.15. The first-order valence-electron chi connectivity index (χ1n) is 7.23. The van der Waals surface area contributed by atoms with Crippen molar-refractivity contribution in [1.29, 1.82) is 0 Å². The lowest BCUT2D eigenvalue weighted by Crippen LogP contribution is -2.23. The minimum Gasteiger partial charge on any atom is -0.370 e. The van der Waals surface area contributed by atoms with Crippen molar-refractivity contribution in [2.75, 3.05) is 19.5 Å². The van der Waals surface area contributed by atoms with E-state index in [0.717, 1.165) is 6.26 Å². The number of hydrogen-bond acceptors (Lipinski definition) is 7. The Morgan fingerprint density at radius 3 is 2.22 bits per heavy atom. The van der Waals surface area contributed by atoms with Gasteiger partial charge in [0.15, 0.2) is 16.1 Å². The fraction of sp³-hybridized carbons (Fsp3) is 0.533. The zero-order valence-electron chi connectivity index (χ0n) is 13.8. The lowest BCUT2D eigenvalue weighted by molar-refractivity contribution is -0.134. The molecule has 0 unspecified atom stereocenters. The van der Waals surface area contributed by atoms with Gasteiger partial charge >= 0.3 is 5.97 Å². The van der Waals surface area contributed by atoms with Gasteiger partial charge in [0.05, 0.1) is 10.5 Å². The summed E-state index contributed by atoms with van der Waals surface area (Å²) in [6.45, 7) is 6.12. The Balaban J connectivity index is 3.41. The summed E-state index contributed by atoms with van der Waals surface area (Å²) < 4.78 is 35.0. The Bertz CT molecular complexity index is 650. The first kappa shape index (κ1) is 19.6. The predicted octanol–water partition coefficient (Wildman–Crippen LogP) is 1.37. The number of carbonyl (C=O) groups excluding carboxylic acids is 1. The highest BCUT2D eigenvalue weighted by Gasteiger charge is 2.23. The van der Waals surface area contributed by atoms with Gasteiger partial charge in [-0.05, 0) is 44.0 Å². The molecule has 0 amide bonds. The maximum absolute atomic E-state index is 12.0. The second kappa shape index (κ2) is 8.39. The van der Waals surface area contributed by atoms with Gasteiger partial charge in [-0.1, -0.05) is 0 Å². The molecule has 0 aliphatic heterocycles. The average molecular weight is 345 g/mol. The van der Waals surface area contributed by atoms with Crippen molar-refractivity contribution >= 4 is 15.8 Å². The van der Waals surface area contributed by atoms with Crippen molar-refractivity contribution < 1.29 is 27.5 Å². The van der Waals surface area contributed by atoms with Gasteiger partial charge in [0.2, 0.25) is 0 Å². The topological polar surface area (TPSA) is 105 Å². The van der Waals surface area contributed by atoms with Crippen LogP contribution in [0, 0.1) is 6.92 Å². The molecule has 0 saturated carbocycles. The van der Waals surface area contributed by atoms with E-state index in [4.69, 9.17) is 15.4 Å². The molecule has 0 atom stereocenters. The summed E-state index contributed by atoms with van der Waals surface area (Å²) in [4.78, 5) is 16.1. The molecule has 130 valence electrons. The molecule has 7 nitrogen and oxygen atoms in total. The molecular formula is C15H23NO6S. The van der Waals surface area contributed by atoms with Crippen molar-refractivity contribution in [3.8, 4) is 0 Å². The minimum absolute atomic E-state index is 0.132. The van der Waals surface area contributed by atoms with Gasteiger partial charge in [0.25, 0.3) is 0 Å². The number of rotatable bonds is 8. The number of carbonyl (C=O) groups is 1. The SMILES string of the molecule is CCOC(Cc1c(S(C)(=O)=O)ccc(C(=O)ON)c1C)OCC. The number of nitrogens with two attached hydrogens (primary N) is 1. The molecule has 0 bridgehead atoms. The largest absolute Gasteiger partial charge is 0.370 e. The van der Waals surface area contributed by atoms with E-state index in [0.29, 0.717) is 24.3 Å². The molecule has 0 heterocycles. The maximum atomic E-state index is 12.0. The second-order valence-electron chi connectivity index (χ2n) is 4.94. The summed E-state index contributed by atoms with van der Waals surface area (Å²) in [6, 6.07) is 2.76. The van der Waals surface area contributed by atoms with E-state index < -0.39 is 22.1 Å². The lowest BCUT2D eigenvalue weighted by Gasteiger charge is -2.20. The Hall–Kier alpha value is -1.48. The molecule has 0 radical (unpaired) electrons. The third kappa shape index (κ3) is 5.00. The van der Waals surface area contributed by atoms with E-state index in [1.807, 2.05) is 13.8 Å². The maximum Gasteiger partial charge on any atom is 0.356 e. The molecule has 0 spiro atoms. The van der Waals surface area contributed by atoms with Crippen LogP contribution in [-0.2, 0) is 30.6 Å². The third-order valence-corrected chi connectivity index (χ3v) is 4.54. The van der Waals surface area contributed by atoms with Crippen LogP contribution in [0.1, 0.15) is 35.3 Å². The van der Waals surface area contributed by atoms with Crippen molar-refractivity contribution in [3.05, 3.63) is 28.8 Å². The molecule has 8 heteroatoms. The van der Waals surface area contributed by atoms with Gasteiger partial charge in [0.1, 0.15) is 0 Å². The number of benzene rings is 1. The normalized spacial score (nSPS) is 11.7. The zero-order chi connectivity index (χ0) is 17.6. The molecule has 0 aromatic heterocycles. The number of sulfone groups is 1. The van der Waals surface area contributed by atoms with Crippen LogP contribution in [0.15, 0.2) is 17.0 Å². The Kier molecular flexibility index (Phi) is 7.14. The predicted molar refractivity (Wildman–Crippen MR) is 84.6 cm³/mol. The summed E-state index contributed by atoms with van der Waals surface area (Å²) in [5, 5.41) is 0. The van der Waals surface area contributed by atoms with Crippen LogP contribution in [0.2, 0.25) is 0 Å². The van der Waals surface area contributed by atoms with Gasteiger partial charge in [-0.2, -0.15) is 5.90 Å². The molecule has 0 fully saturated rings. The first-order chi connectivity index (χ1) is 10.8. The molecular weight excluding hydrogens is 322 g/mol. The van der Waals surface area contributed by atoms with Crippen LogP contribution in [0.5, 0.6) is 0 Å². The van der Waals surface area contributed by atoms with Gasteiger partial charge in [-0.3, -0.25) is 0 Å². The molecule has 1 aromatic carbocycles. The Morgan fingerprint density at radius 1 is 1.22 bits per heavy atom. The molecule has 2 N–H and O–H groups in total. The molecule has 0 aliphatic carbocycles. The van der Waals surface area contributed by atoms with Crippen molar-refractivity contribution in [2.45, 2.75) is 38.4 Å². The van der Waals surface area contributed by atoms with Crippen molar-refractivity contribution in [1.82, 2.24) is 0 Å². The molecule has 23 heavy (non-hydrogen) atoms. The van der Waals surface area contributed by atoms with Gasteiger partial charge < -0.3 is 14.3 Å². The molecule has 1 aromatic rings. The van der Waals surface area contributed by atoms with Crippen LogP contribution < -0.4 is 5.90 Å². The van der Waals surface area contributed by atoms with Gasteiger partial charge in [-0.25, -0.2) is 13.2 Å². The minimum atomic E-state index is -3.48. The zero-order valence-corrected chi connectivity index (χ0v) is 14.6. The fourth-order valence-electron chi connectivity index (χ4n) is 2.32. The molecule has 1 rings (SSSR count). The molecule has 0 aliphatic rings. The van der Waals surface area contributed by atoms with Crippen LogP contribution in [0.25, 0.3) is 0 Å². The van der Waals surface area contributed by atoms with E-state index in [9.17, 15) is 13.2 Å². The van der Waals surface area contributed by atoms with E-state index >= 15 is 0 Å². The highest BCUT2D eigenvalue weighted by molar-refractivity contribution is 7.90. The fourth-order valence-corrected chi connectivity index (χ4v) is 3.32. The summed E-state index contributed by atoms with van der Waals surface area (Å²) in [5.74, 6) is 4.20. The highest BCUT2D eigenvalue weighted by Crippen LogP contribution is 2.25. The molecule has 0 saturated heterocycles. The first-order valence-corrected chi connectivity index (χ1v) is 9.12. The van der Waals surface area contributed by atoms with Crippen molar-refractivity contribution in [2.24, 2.45) is 5.90 Å². The summed E-state index contributed by atoms with van der Waals surface area (Å²) >= 11 is 0. The Morgan fingerprint density at radius 2 is 1.78 bits per heavy atom. The van der Waals surface area contributed by atoms with E-state index in [1.54, 1.807) is 6.92 Å². The summed E-state index contributed by atoms with van der Waals surface area (Å²) in [6.07, 6.45) is 0.706. The second-order valence-corrected chi connectivity index (χ2v) is 6.92. The highest BCUT2D eigenvalue weighted by atomic mass is 32.2. The lowest BCUT2D eigenvalue weighted by atomic mass is 9.99. The van der Waals surface area contributed by atoms with Crippen LogP contribution in [-0.4, -0.2) is 40.1 Å². The van der Waals surface area contributed by atoms with Gasteiger partial charge in [0, 0.05) is 25.9 Å². The van der Waals surface area contributed by atoms with E-state index in [2.05, 4.69) is 4.84 Å². The van der Waals surface area contributed by atoms with E-state index in [-0.39, 0.29) is 16.9 Å². The number of hydrogen-bond donors (Lipinski definition) is 1. The smallest absolute Gasteiger partial charge is 0.356 e. The standard InChI is InChI=1S/C15H23NO6S/c1-5-20-14(21-6-2)9-12-10(3)11(15(17)22-16)7-8-13(12)23(4,18)19/h7-8,14H,5-6,9,16H2,1-4H3. The third-order valence-electron chi connectivity index (χ3n) is 3.36. The van der Waals surface area contributed by atoms with Gasteiger partial charge in [-0.15, -0.1) is 0 Å².